The molecule has 1 aromatic carbocycles. The van der Waals surface area contributed by atoms with Crippen molar-refractivity contribution in [3.05, 3.63) is 35.5 Å². The normalized spacial score (nSPS) is 11.0. The number of carboxylic acid groups (broad SMARTS) is 1. The van der Waals surface area contributed by atoms with Crippen LogP contribution < -0.4 is 5.73 Å². The lowest BCUT2D eigenvalue weighted by molar-refractivity contribution is -0.136. The summed E-state index contributed by atoms with van der Waals surface area (Å²) in [5.41, 5.74) is 8.63. The van der Waals surface area contributed by atoms with Gasteiger partial charge in [0.15, 0.2) is 0 Å². The monoisotopic (exact) mass is 246 g/mol. The molecule has 2 rings (SSSR count). The quantitative estimate of drug-likeness (QED) is 0.847. The molecule has 0 fully saturated rings. The number of hydrogen-bond donors (Lipinski definition) is 2. The zero-order valence-corrected chi connectivity index (χ0v) is 10.5. The Labute approximate surface area is 106 Å². The third kappa shape index (κ3) is 2.54. The Morgan fingerprint density at radius 3 is 2.89 bits per heavy atom. The molecular weight excluding hydrogens is 228 g/mol. The van der Waals surface area contributed by atoms with Crippen molar-refractivity contribution in [1.82, 2.24) is 4.57 Å². The third-order valence-corrected chi connectivity index (χ3v) is 3.06. The van der Waals surface area contributed by atoms with Gasteiger partial charge in [-0.15, -0.1) is 0 Å². The first-order valence-corrected chi connectivity index (χ1v) is 6.12. The maximum absolute atomic E-state index is 10.9. The topological polar surface area (TPSA) is 68.2 Å². The Balaban J connectivity index is 2.48. The van der Waals surface area contributed by atoms with Gasteiger partial charge in [0.05, 0.1) is 6.42 Å². The fourth-order valence-corrected chi connectivity index (χ4v) is 2.24. The predicted octanol–water partition coefficient (Wildman–Crippen LogP) is 1.93. The van der Waals surface area contributed by atoms with Crippen molar-refractivity contribution < 1.29 is 9.90 Å². The van der Waals surface area contributed by atoms with Gasteiger partial charge < -0.3 is 15.4 Å². The summed E-state index contributed by atoms with van der Waals surface area (Å²) in [6.07, 6.45) is 2.90. The van der Waals surface area contributed by atoms with E-state index >= 15 is 0 Å². The molecule has 3 N–H and O–H groups in total. The second-order valence-corrected chi connectivity index (χ2v) is 4.58. The van der Waals surface area contributed by atoms with Gasteiger partial charge in [0.1, 0.15) is 0 Å². The first-order valence-electron chi connectivity index (χ1n) is 6.12. The minimum Gasteiger partial charge on any atom is -0.481 e. The summed E-state index contributed by atoms with van der Waals surface area (Å²) in [5, 5.41) is 9.99. The minimum atomic E-state index is -0.797. The van der Waals surface area contributed by atoms with Crippen molar-refractivity contribution >= 4 is 16.9 Å². The summed E-state index contributed by atoms with van der Waals surface area (Å²) in [6, 6.07) is 6.14. The number of fused-ring (bicyclic) bond motifs is 1. The van der Waals surface area contributed by atoms with E-state index in [1.807, 2.05) is 31.3 Å². The maximum atomic E-state index is 10.9. The number of benzene rings is 1. The van der Waals surface area contributed by atoms with E-state index < -0.39 is 5.97 Å². The van der Waals surface area contributed by atoms with Crippen LogP contribution in [-0.2, 0) is 17.8 Å². The Morgan fingerprint density at radius 2 is 2.22 bits per heavy atom. The molecule has 0 bridgehead atoms. The highest BCUT2D eigenvalue weighted by Gasteiger charge is 2.11. The van der Waals surface area contributed by atoms with E-state index in [1.54, 1.807) is 0 Å². The molecule has 4 nitrogen and oxygen atoms in total. The van der Waals surface area contributed by atoms with Crippen molar-refractivity contribution in [3.8, 4) is 0 Å². The summed E-state index contributed by atoms with van der Waals surface area (Å²) < 4.78 is 2.10. The minimum absolute atomic E-state index is 0.0651. The molecule has 0 saturated carbocycles. The Kier molecular flexibility index (Phi) is 3.67. The lowest BCUT2D eigenvalue weighted by Crippen LogP contribution is -2.05. The van der Waals surface area contributed by atoms with Crippen molar-refractivity contribution in [1.29, 1.82) is 0 Å². The lowest BCUT2D eigenvalue weighted by Gasteiger charge is -2.03. The largest absolute Gasteiger partial charge is 0.481 e. The van der Waals surface area contributed by atoms with Gasteiger partial charge in [0.2, 0.25) is 0 Å². The van der Waals surface area contributed by atoms with Crippen LogP contribution in [0.25, 0.3) is 10.9 Å². The fourth-order valence-electron chi connectivity index (χ4n) is 2.24. The van der Waals surface area contributed by atoms with E-state index in [0.717, 1.165) is 35.0 Å². The van der Waals surface area contributed by atoms with Gasteiger partial charge in [0.25, 0.3) is 0 Å². The van der Waals surface area contributed by atoms with Gasteiger partial charge in [-0.05, 0) is 37.6 Å². The van der Waals surface area contributed by atoms with Gasteiger partial charge in [-0.1, -0.05) is 11.6 Å². The molecule has 0 saturated heterocycles. The van der Waals surface area contributed by atoms with Crippen molar-refractivity contribution in [2.75, 3.05) is 6.54 Å². The van der Waals surface area contributed by atoms with Crippen LogP contribution in [0.3, 0.4) is 0 Å². The smallest absolute Gasteiger partial charge is 0.307 e. The molecule has 0 aliphatic heterocycles. The molecule has 4 heteroatoms. The van der Waals surface area contributed by atoms with Crippen LogP contribution in [0.2, 0.25) is 0 Å². The van der Waals surface area contributed by atoms with E-state index in [2.05, 4.69) is 4.57 Å². The second kappa shape index (κ2) is 5.23. The highest BCUT2D eigenvalue weighted by molar-refractivity contribution is 5.88. The van der Waals surface area contributed by atoms with Crippen molar-refractivity contribution in [2.45, 2.75) is 26.3 Å². The number of aliphatic carboxylic acids is 1. The Hall–Kier alpha value is -1.81. The number of aromatic nitrogens is 1. The number of hydrogen-bond acceptors (Lipinski definition) is 2. The van der Waals surface area contributed by atoms with Crippen LogP contribution >= 0.6 is 0 Å². The third-order valence-electron chi connectivity index (χ3n) is 3.06. The lowest BCUT2D eigenvalue weighted by atomic mass is 10.1. The fraction of sp³-hybridized carbons (Fsp3) is 0.357. The molecule has 0 atom stereocenters. The SMILES string of the molecule is Cc1ccc2c(c1)c(CC(=O)O)cn2CCCN. The van der Waals surface area contributed by atoms with Crippen molar-refractivity contribution in [3.63, 3.8) is 0 Å². The van der Waals surface area contributed by atoms with Crippen LogP contribution in [0.4, 0.5) is 0 Å². The predicted molar refractivity (Wildman–Crippen MR) is 71.7 cm³/mol. The molecule has 0 aliphatic rings. The van der Waals surface area contributed by atoms with Gasteiger partial charge in [-0.3, -0.25) is 4.79 Å². The number of carboxylic acids is 1. The number of aryl methyl sites for hydroxylation is 2. The van der Waals surface area contributed by atoms with Gasteiger partial charge in [-0.2, -0.15) is 0 Å². The van der Waals surface area contributed by atoms with Crippen LogP contribution in [0.5, 0.6) is 0 Å². The van der Waals surface area contributed by atoms with E-state index in [4.69, 9.17) is 10.8 Å². The molecule has 0 aliphatic carbocycles. The van der Waals surface area contributed by atoms with E-state index in [0.29, 0.717) is 6.54 Å². The molecule has 0 radical (unpaired) electrons. The number of nitrogens with zero attached hydrogens (tertiary/aromatic N) is 1. The zero-order chi connectivity index (χ0) is 13.1. The molecule has 0 amide bonds. The molecular formula is C14H18N2O2. The van der Waals surface area contributed by atoms with Crippen LogP contribution in [-0.4, -0.2) is 22.2 Å². The molecule has 0 spiro atoms. The Morgan fingerprint density at radius 1 is 1.44 bits per heavy atom. The maximum Gasteiger partial charge on any atom is 0.307 e. The van der Waals surface area contributed by atoms with Crippen LogP contribution in [0.1, 0.15) is 17.5 Å². The van der Waals surface area contributed by atoms with Crippen LogP contribution in [0.15, 0.2) is 24.4 Å². The molecule has 18 heavy (non-hydrogen) atoms. The number of nitrogens with two attached hydrogens (primary N) is 1. The van der Waals surface area contributed by atoms with E-state index in [1.165, 1.54) is 0 Å². The standard InChI is InChI=1S/C14H18N2O2/c1-10-3-4-13-12(7-10)11(8-14(17)18)9-16(13)6-2-5-15/h3-4,7,9H,2,5-6,8,15H2,1H3,(H,17,18). The Bertz CT molecular complexity index is 572. The molecule has 1 aromatic heterocycles. The summed E-state index contributed by atoms with van der Waals surface area (Å²) in [5.74, 6) is -0.797. The summed E-state index contributed by atoms with van der Waals surface area (Å²) >= 11 is 0. The highest BCUT2D eigenvalue weighted by atomic mass is 16.4. The second-order valence-electron chi connectivity index (χ2n) is 4.58. The average molecular weight is 246 g/mol. The van der Waals surface area contributed by atoms with E-state index in [9.17, 15) is 4.79 Å². The van der Waals surface area contributed by atoms with E-state index in [-0.39, 0.29) is 6.42 Å². The highest BCUT2D eigenvalue weighted by Crippen LogP contribution is 2.23. The first-order chi connectivity index (χ1) is 8.61. The molecule has 1 heterocycles. The summed E-state index contributed by atoms with van der Waals surface area (Å²) in [4.78, 5) is 10.9. The summed E-state index contributed by atoms with van der Waals surface area (Å²) in [7, 11) is 0. The number of rotatable bonds is 5. The molecule has 2 aromatic rings. The molecule has 96 valence electrons. The van der Waals surface area contributed by atoms with Gasteiger partial charge in [0, 0.05) is 23.6 Å². The van der Waals surface area contributed by atoms with Crippen LogP contribution in [0, 0.1) is 6.92 Å². The first kappa shape index (κ1) is 12.6. The van der Waals surface area contributed by atoms with Gasteiger partial charge in [-0.25, -0.2) is 0 Å². The zero-order valence-electron chi connectivity index (χ0n) is 10.5. The van der Waals surface area contributed by atoms with Crippen molar-refractivity contribution in [2.24, 2.45) is 5.73 Å². The number of carbonyl (C=O) groups is 1. The average Bonchev–Trinajstić information content (AvgIpc) is 2.64. The summed E-state index contributed by atoms with van der Waals surface area (Å²) in [6.45, 7) is 3.48. The van der Waals surface area contributed by atoms with Gasteiger partial charge >= 0.3 is 5.97 Å². The molecule has 0 unspecified atom stereocenters.